The maximum Gasteiger partial charge on any atom is 0.340 e. The first-order chi connectivity index (χ1) is 9.56. The Balaban J connectivity index is 1.86. The van der Waals surface area contributed by atoms with Crippen LogP contribution in [-0.2, 0) is 9.53 Å². The molecule has 5 nitrogen and oxygen atoms in total. The Labute approximate surface area is 118 Å². The normalized spacial score (nSPS) is 16.7. The SMILES string of the molecule is Cc1ccc(C(=O)O[C@H](C)C(=O)NC2CCCC2)cn1. The average Bonchev–Trinajstić information content (AvgIpc) is 2.92. The van der Waals surface area contributed by atoms with Crippen molar-refractivity contribution < 1.29 is 14.3 Å². The van der Waals surface area contributed by atoms with E-state index in [0.717, 1.165) is 31.4 Å². The Morgan fingerprint density at radius 2 is 2.05 bits per heavy atom. The summed E-state index contributed by atoms with van der Waals surface area (Å²) in [6.45, 7) is 3.43. The van der Waals surface area contributed by atoms with Gasteiger partial charge >= 0.3 is 5.97 Å². The van der Waals surface area contributed by atoms with Crippen LogP contribution in [0.15, 0.2) is 18.3 Å². The van der Waals surface area contributed by atoms with Crippen molar-refractivity contribution in [3.8, 4) is 0 Å². The number of amides is 1. The number of esters is 1. The van der Waals surface area contributed by atoms with Gasteiger partial charge in [0.1, 0.15) is 0 Å². The molecular weight excluding hydrogens is 256 g/mol. The Morgan fingerprint density at radius 1 is 1.35 bits per heavy atom. The van der Waals surface area contributed by atoms with Crippen molar-refractivity contribution in [1.82, 2.24) is 10.3 Å². The van der Waals surface area contributed by atoms with Gasteiger partial charge in [-0.25, -0.2) is 4.79 Å². The summed E-state index contributed by atoms with van der Waals surface area (Å²) >= 11 is 0. The number of ether oxygens (including phenoxy) is 1. The van der Waals surface area contributed by atoms with E-state index in [-0.39, 0.29) is 11.9 Å². The zero-order valence-corrected chi connectivity index (χ0v) is 11.9. The molecule has 0 bridgehead atoms. The molecule has 5 heteroatoms. The second kappa shape index (κ2) is 6.50. The average molecular weight is 276 g/mol. The molecule has 1 aliphatic rings. The summed E-state index contributed by atoms with van der Waals surface area (Å²) in [5.41, 5.74) is 1.18. The second-order valence-corrected chi connectivity index (χ2v) is 5.23. The summed E-state index contributed by atoms with van der Waals surface area (Å²) in [7, 11) is 0. The van der Waals surface area contributed by atoms with Gasteiger partial charge in [0.25, 0.3) is 5.91 Å². The summed E-state index contributed by atoms with van der Waals surface area (Å²) in [6, 6.07) is 3.61. The molecule has 1 atom stereocenters. The number of nitrogens with one attached hydrogen (secondary N) is 1. The van der Waals surface area contributed by atoms with Crippen LogP contribution < -0.4 is 5.32 Å². The Morgan fingerprint density at radius 3 is 2.65 bits per heavy atom. The standard InChI is InChI=1S/C15H20N2O3/c1-10-7-8-12(9-16-10)15(19)20-11(2)14(18)17-13-5-3-4-6-13/h7-9,11,13H,3-6H2,1-2H3,(H,17,18)/t11-/m1/s1. The van der Waals surface area contributed by atoms with E-state index in [2.05, 4.69) is 10.3 Å². The van der Waals surface area contributed by atoms with E-state index >= 15 is 0 Å². The van der Waals surface area contributed by atoms with Crippen LogP contribution in [0.2, 0.25) is 0 Å². The Hall–Kier alpha value is -1.91. The van der Waals surface area contributed by atoms with Crippen molar-refractivity contribution in [2.45, 2.75) is 51.7 Å². The molecule has 20 heavy (non-hydrogen) atoms. The summed E-state index contributed by atoms with van der Waals surface area (Å²) in [4.78, 5) is 27.8. The largest absolute Gasteiger partial charge is 0.449 e. The number of hydrogen-bond acceptors (Lipinski definition) is 4. The van der Waals surface area contributed by atoms with E-state index in [1.54, 1.807) is 19.1 Å². The van der Waals surface area contributed by atoms with E-state index in [0.29, 0.717) is 5.56 Å². The fraction of sp³-hybridized carbons (Fsp3) is 0.533. The summed E-state index contributed by atoms with van der Waals surface area (Å²) in [5, 5.41) is 2.91. The zero-order chi connectivity index (χ0) is 14.5. The third-order valence-corrected chi connectivity index (χ3v) is 3.50. The van der Waals surface area contributed by atoms with Gasteiger partial charge in [0.15, 0.2) is 6.10 Å². The smallest absolute Gasteiger partial charge is 0.340 e. The van der Waals surface area contributed by atoms with Gasteiger partial charge in [0, 0.05) is 17.9 Å². The maximum atomic E-state index is 11.9. The molecule has 0 spiro atoms. The number of rotatable bonds is 4. The minimum Gasteiger partial charge on any atom is -0.449 e. The predicted octanol–water partition coefficient (Wildman–Crippen LogP) is 1.99. The summed E-state index contributed by atoms with van der Waals surface area (Å²) < 4.78 is 5.16. The number of carbonyl (C=O) groups is 2. The van der Waals surface area contributed by atoms with E-state index < -0.39 is 12.1 Å². The molecule has 0 aromatic carbocycles. The first-order valence-electron chi connectivity index (χ1n) is 7.00. The van der Waals surface area contributed by atoms with E-state index in [1.165, 1.54) is 6.20 Å². The molecule has 1 aromatic heterocycles. The first kappa shape index (κ1) is 14.5. The molecule has 1 fully saturated rings. The molecule has 0 radical (unpaired) electrons. The van der Waals surface area contributed by atoms with Crippen LogP contribution in [0.4, 0.5) is 0 Å². The molecule has 1 aromatic rings. The Kier molecular flexibility index (Phi) is 4.71. The van der Waals surface area contributed by atoms with Gasteiger partial charge in [-0.1, -0.05) is 12.8 Å². The number of carbonyl (C=O) groups excluding carboxylic acids is 2. The van der Waals surface area contributed by atoms with E-state index in [4.69, 9.17) is 4.74 Å². The number of nitrogens with zero attached hydrogens (tertiary/aromatic N) is 1. The monoisotopic (exact) mass is 276 g/mol. The lowest BCUT2D eigenvalue weighted by atomic mass is 10.2. The van der Waals surface area contributed by atoms with Crippen LogP contribution in [0.25, 0.3) is 0 Å². The fourth-order valence-electron chi connectivity index (χ4n) is 2.26. The highest BCUT2D eigenvalue weighted by atomic mass is 16.5. The molecule has 1 saturated carbocycles. The lowest BCUT2D eigenvalue weighted by Gasteiger charge is -2.17. The summed E-state index contributed by atoms with van der Waals surface area (Å²) in [5.74, 6) is -0.753. The van der Waals surface area contributed by atoms with Crippen molar-refractivity contribution >= 4 is 11.9 Å². The minimum absolute atomic E-state index is 0.227. The fourth-order valence-corrected chi connectivity index (χ4v) is 2.26. The Bertz CT molecular complexity index is 478. The highest BCUT2D eigenvalue weighted by Crippen LogP contribution is 2.17. The minimum atomic E-state index is -0.788. The van der Waals surface area contributed by atoms with Crippen LogP contribution >= 0.6 is 0 Å². The predicted molar refractivity (Wildman–Crippen MR) is 74.3 cm³/mol. The van der Waals surface area contributed by atoms with Crippen molar-refractivity contribution in [2.75, 3.05) is 0 Å². The second-order valence-electron chi connectivity index (χ2n) is 5.23. The van der Waals surface area contributed by atoms with Crippen molar-refractivity contribution in [3.05, 3.63) is 29.6 Å². The number of aromatic nitrogens is 1. The van der Waals surface area contributed by atoms with E-state index in [9.17, 15) is 9.59 Å². The molecule has 1 aliphatic carbocycles. The molecule has 2 rings (SSSR count). The molecule has 1 amide bonds. The highest BCUT2D eigenvalue weighted by molar-refractivity contribution is 5.91. The van der Waals surface area contributed by atoms with E-state index in [1.807, 2.05) is 6.92 Å². The van der Waals surface area contributed by atoms with Crippen molar-refractivity contribution in [1.29, 1.82) is 0 Å². The number of pyridine rings is 1. The maximum absolute atomic E-state index is 11.9. The highest BCUT2D eigenvalue weighted by Gasteiger charge is 2.23. The molecule has 108 valence electrons. The molecule has 0 unspecified atom stereocenters. The van der Waals surface area contributed by atoms with Gasteiger partial charge in [-0.2, -0.15) is 0 Å². The molecule has 0 aliphatic heterocycles. The molecule has 0 saturated heterocycles. The van der Waals surface area contributed by atoms with Crippen LogP contribution in [0.1, 0.15) is 48.7 Å². The van der Waals surface area contributed by atoms with Gasteiger partial charge in [0.2, 0.25) is 0 Å². The van der Waals surface area contributed by atoms with Gasteiger partial charge in [-0.3, -0.25) is 9.78 Å². The first-order valence-corrected chi connectivity index (χ1v) is 7.00. The zero-order valence-electron chi connectivity index (χ0n) is 11.9. The van der Waals surface area contributed by atoms with Crippen LogP contribution in [0.5, 0.6) is 0 Å². The van der Waals surface area contributed by atoms with Gasteiger partial charge in [-0.15, -0.1) is 0 Å². The third-order valence-electron chi connectivity index (χ3n) is 3.50. The topological polar surface area (TPSA) is 68.3 Å². The molecule has 1 N–H and O–H groups in total. The van der Waals surface area contributed by atoms with Gasteiger partial charge < -0.3 is 10.1 Å². The lowest BCUT2D eigenvalue weighted by Crippen LogP contribution is -2.40. The molecular formula is C15H20N2O3. The number of hydrogen-bond donors (Lipinski definition) is 1. The quantitative estimate of drug-likeness (QED) is 0.854. The van der Waals surface area contributed by atoms with Crippen LogP contribution in [-0.4, -0.2) is 29.0 Å². The van der Waals surface area contributed by atoms with Gasteiger partial charge in [-0.05, 0) is 38.8 Å². The number of aryl methyl sites for hydroxylation is 1. The molecule has 1 heterocycles. The van der Waals surface area contributed by atoms with Crippen molar-refractivity contribution in [2.24, 2.45) is 0 Å². The van der Waals surface area contributed by atoms with Gasteiger partial charge in [0.05, 0.1) is 5.56 Å². The van der Waals surface area contributed by atoms with Crippen molar-refractivity contribution in [3.63, 3.8) is 0 Å². The van der Waals surface area contributed by atoms with Crippen LogP contribution in [0, 0.1) is 6.92 Å². The lowest BCUT2D eigenvalue weighted by molar-refractivity contribution is -0.129. The van der Waals surface area contributed by atoms with Crippen LogP contribution in [0.3, 0.4) is 0 Å². The third kappa shape index (κ3) is 3.79. The summed E-state index contributed by atoms with van der Waals surface area (Å²) in [6.07, 6.45) is 4.98.